The normalized spacial score (nSPS) is 15.0. The average Bonchev–Trinajstić information content (AvgIpc) is 3.39. The molecule has 156 valence electrons. The van der Waals surface area contributed by atoms with Crippen LogP contribution in [0.25, 0.3) is 32.5 Å². The number of benzene rings is 1. The molecule has 1 saturated heterocycles. The number of thiophene rings is 1. The maximum Gasteiger partial charge on any atom is 0.162 e. The van der Waals surface area contributed by atoms with Crippen LogP contribution in [0.1, 0.15) is 11.3 Å². The number of hydrogen-bond acceptors (Lipinski definition) is 7. The van der Waals surface area contributed by atoms with Gasteiger partial charge >= 0.3 is 0 Å². The zero-order chi connectivity index (χ0) is 20.5. The fraction of sp³-hybridized carbons (Fsp3) is 0.409. The van der Waals surface area contributed by atoms with Gasteiger partial charge in [-0.05, 0) is 45.6 Å². The quantitative estimate of drug-likeness (QED) is 0.512. The summed E-state index contributed by atoms with van der Waals surface area (Å²) in [7, 11) is 4.24. The lowest BCUT2D eigenvalue weighted by Gasteiger charge is -2.28. The molecular formula is C22H26N6OS. The van der Waals surface area contributed by atoms with Gasteiger partial charge in [0.2, 0.25) is 0 Å². The van der Waals surface area contributed by atoms with Crippen molar-refractivity contribution in [2.45, 2.75) is 12.8 Å². The SMILES string of the molecule is CN(C)CCCc1cc2nc(-c3cccc4[nH]ncc34)nc(N3CCOCC3)c2s1. The molecule has 8 heteroatoms. The third-order valence-corrected chi connectivity index (χ3v) is 6.65. The highest BCUT2D eigenvalue weighted by Gasteiger charge is 2.21. The monoisotopic (exact) mass is 422 g/mol. The summed E-state index contributed by atoms with van der Waals surface area (Å²) in [4.78, 5) is 16.0. The van der Waals surface area contributed by atoms with Gasteiger partial charge < -0.3 is 14.5 Å². The van der Waals surface area contributed by atoms with Crippen LogP contribution in [0.15, 0.2) is 30.5 Å². The predicted molar refractivity (Wildman–Crippen MR) is 122 cm³/mol. The van der Waals surface area contributed by atoms with E-state index in [1.165, 1.54) is 9.58 Å². The molecule has 0 amide bonds. The summed E-state index contributed by atoms with van der Waals surface area (Å²) >= 11 is 1.83. The van der Waals surface area contributed by atoms with Gasteiger partial charge in [0.1, 0.15) is 0 Å². The van der Waals surface area contributed by atoms with Crippen molar-refractivity contribution in [1.82, 2.24) is 25.1 Å². The molecule has 0 radical (unpaired) electrons. The van der Waals surface area contributed by atoms with Crippen molar-refractivity contribution < 1.29 is 4.74 Å². The van der Waals surface area contributed by atoms with Crippen LogP contribution in [0.4, 0.5) is 5.82 Å². The molecule has 1 N–H and O–H groups in total. The number of aromatic amines is 1. The number of fused-ring (bicyclic) bond motifs is 2. The molecule has 1 aromatic carbocycles. The highest BCUT2D eigenvalue weighted by atomic mass is 32.1. The summed E-state index contributed by atoms with van der Waals surface area (Å²) in [5.74, 6) is 1.79. The second-order valence-corrected chi connectivity index (χ2v) is 9.08. The van der Waals surface area contributed by atoms with Crippen molar-refractivity contribution >= 4 is 38.3 Å². The van der Waals surface area contributed by atoms with Crippen molar-refractivity contribution in [3.8, 4) is 11.4 Å². The number of ether oxygens (including phenoxy) is 1. The number of morpholine rings is 1. The van der Waals surface area contributed by atoms with Crippen LogP contribution in [-0.2, 0) is 11.2 Å². The molecule has 3 aromatic heterocycles. The fourth-order valence-corrected chi connectivity index (χ4v) is 5.08. The second kappa shape index (κ2) is 8.29. The lowest BCUT2D eigenvalue weighted by molar-refractivity contribution is 0.122. The van der Waals surface area contributed by atoms with Crippen LogP contribution < -0.4 is 4.90 Å². The van der Waals surface area contributed by atoms with E-state index in [0.717, 1.165) is 79.3 Å². The van der Waals surface area contributed by atoms with Crippen LogP contribution in [0, 0.1) is 0 Å². The molecule has 0 atom stereocenters. The summed E-state index contributed by atoms with van der Waals surface area (Å²) in [5, 5.41) is 8.30. The summed E-state index contributed by atoms with van der Waals surface area (Å²) in [5.41, 5.74) is 3.05. The molecule has 7 nitrogen and oxygen atoms in total. The van der Waals surface area contributed by atoms with Crippen LogP contribution >= 0.6 is 11.3 Å². The molecule has 30 heavy (non-hydrogen) atoms. The van der Waals surface area contributed by atoms with Gasteiger partial charge in [-0.3, -0.25) is 5.10 Å². The lowest BCUT2D eigenvalue weighted by atomic mass is 10.1. The number of aromatic nitrogens is 4. The van der Waals surface area contributed by atoms with Crippen molar-refractivity contribution in [2.75, 3.05) is 51.8 Å². The first-order chi connectivity index (χ1) is 14.7. The first-order valence-electron chi connectivity index (χ1n) is 10.4. The Hall–Kier alpha value is -2.55. The molecule has 0 spiro atoms. The van der Waals surface area contributed by atoms with E-state index < -0.39 is 0 Å². The Morgan fingerprint density at radius 2 is 2.07 bits per heavy atom. The number of anilines is 1. The number of nitrogens with zero attached hydrogens (tertiary/aromatic N) is 5. The van der Waals surface area contributed by atoms with E-state index in [4.69, 9.17) is 14.7 Å². The topological polar surface area (TPSA) is 70.2 Å². The molecule has 0 saturated carbocycles. The smallest absolute Gasteiger partial charge is 0.162 e. The average molecular weight is 423 g/mol. The molecule has 1 fully saturated rings. The van der Waals surface area contributed by atoms with Crippen molar-refractivity contribution in [3.63, 3.8) is 0 Å². The maximum absolute atomic E-state index is 5.58. The van der Waals surface area contributed by atoms with E-state index in [2.05, 4.69) is 46.2 Å². The van der Waals surface area contributed by atoms with Crippen molar-refractivity contribution in [1.29, 1.82) is 0 Å². The molecule has 0 unspecified atom stereocenters. The Balaban J connectivity index is 1.60. The van der Waals surface area contributed by atoms with Gasteiger partial charge in [-0.15, -0.1) is 11.3 Å². The minimum atomic E-state index is 0.735. The van der Waals surface area contributed by atoms with E-state index in [9.17, 15) is 0 Å². The fourth-order valence-electron chi connectivity index (χ4n) is 3.93. The number of nitrogens with one attached hydrogen (secondary N) is 1. The number of aryl methyl sites for hydroxylation is 1. The minimum absolute atomic E-state index is 0.735. The van der Waals surface area contributed by atoms with E-state index in [1.807, 2.05) is 29.7 Å². The summed E-state index contributed by atoms with van der Waals surface area (Å²) in [6.07, 6.45) is 4.06. The first kappa shape index (κ1) is 19.4. The van der Waals surface area contributed by atoms with Crippen molar-refractivity contribution in [3.05, 3.63) is 35.3 Å². The number of rotatable bonds is 6. The second-order valence-electron chi connectivity index (χ2n) is 7.94. The Kier molecular flexibility index (Phi) is 5.37. The lowest BCUT2D eigenvalue weighted by Crippen LogP contribution is -2.36. The molecule has 4 aromatic rings. The Morgan fingerprint density at radius 1 is 1.20 bits per heavy atom. The highest BCUT2D eigenvalue weighted by Crippen LogP contribution is 2.36. The molecule has 0 aliphatic carbocycles. The largest absolute Gasteiger partial charge is 0.378 e. The minimum Gasteiger partial charge on any atom is -0.378 e. The van der Waals surface area contributed by atoms with Gasteiger partial charge in [-0.2, -0.15) is 5.10 Å². The van der Waals surface area contributed by atoms with Gasteiger partial charge in [0.25, 0.3) is 0 Å². The van der Waals surface area contributed by atoms with Gasteiger partial charge in [0, 0.05) is 28.9 Å². The van der Waals surface area contributed by atoms with E-state index in [-0.39, 0.29) is 0 Å². The highest BCUT2D eigenvalue weighted by molar-refractivity contribution is 7.19. The standard InChI is InChI=1S/C22H26N6OS/c1-27(2)8-4-5-15-13-19-20(30-15)22(28-9-11-29-12-10-28)25-21(24-19)16-6-3-7-18-17(16)14-23-26-18/h3,6-7,13-14H,4-5,8-12H2,1-2H3,(H,23,26). The molecule has 1 aliphatic rings. The Bertz CT molecular complexity index is 1160. The maximum atomic E-state index is 5.58. The van der Waals surface area contributed by atoms with Gasteiger partial charge in [0.05, 0.1) is 35.1 Å². The van der Waals surface area contributed by atoms with Crippen LogP contribution in [-0.4, -0.2) is 72.0 Å². The van der Waals surface area contributed by atoms with Gasteiger partial charge in [-0.25, -0.2) is 9.97 Å². The third kappa shape index (κ3) is 3.78. The van der Waals surface area contributed by atoms with E-state index in [1.54, 1.807) is 0 Å². The van der Waals surface area contributed by atoms with Gasteiger partial charge in [-0.1, -0.05) is 12.1 Å². The number of hydrogen-bond donors (Lipinski definition) is 1. The van der Waals surface area contributed by atoms with Crippen LogP contribution in [0.3, 0.4) is 0 Å². The van der Waals surface area contributed by atoms with Crippen molar-refractivity contribution in [2.24, 2.45) is 0 Å². The summed E-state index contributed by atoms with van der Waals surface area (Å²) < 4.78 is 6.76. The van der Waals surface area contributed by atoms with Gasteiger partial charge in [0.15, 0.2) is 11.6 Å². The zero-order valence-corrected chi connectivity index (χ0v) is 18.2. The third-order valence-electron chi connectivity index (χ3n) is 5.47. The zero-order valence-electron chi connectivity index (χ0n) is 17.4. The van der Waals surface area contributed by atoms with E-state index in [0.29, 0.717) is 0 Å². The first-order valence-corrected chi connectivity index (χ1v) is 11.2. The Labute approximate surface area is 179 Å². The predicted octanol–water partition coefficient (Wildman–Crippen LogP) is 3.57. The molecule has 4 heterocycles. The summed E-state index contributed by atoms with van der Waals surface area (Å²) in [6.45, 7) is 4.27. The molecule has 5 rings (SSSR count). The Morgan fingerprint density at radius 3 is 2.90 bits per heavy atom. The number of H-pyrrole nitrogens is 1. The van der Waals surface area contributed by atoms with E-state index >= 15 is 0 Å². The summed E-state index contributed by atoms with van der Waals surface area (Å²) in [6, 6.07) is 8.38. The van der Waals surface area contributed by atoms with Crippen LogP contribution in [0.5, 0.6) is 0 Å². The molecular weight excluding hydrogens is 396 g/mol. The van der Waals surface area contributed by atoms with Crippen LogP contribution in [0.2, 0.25) is 0 Å². The molecule has 0 bridgehead atoms. The molecule has 1 aliphatic heterocycles.